The smallest absolute Gasteiger partial charge is 0.347 e. The van der Waals surface area contributed by atoms with Crippen LogP contribution in [0.15, 0.2) is 24.3 Å². The maximum absolute atomic E-state index is 11.6. The summed E-state index contributed by atoms with van der Waals surface area (Å²) in [7, 11) is 0. The molecule has 1 aromatic rings. The van der Waals surface area contributed by atoms with E-state index in [4.69, 9.17) is 20.5 Å². The van der Waals surface area contributed by atoms with Gasteiger partial charge in [-0.3, -0.25) is 4.79 Å². The number of ether oxygens (including phenoxy) is 2. The van der Waals surface area contributed by atoms with Gasteiger partial charge in [0, 0.05) is 0 Å². The van der Waals surface area contributed by atoms with E-state index in [1.165, 1.54) is 13.8 Å². The van der Waals surface area contributed by atoms with Crippen LogP contribution < -0.4 is 10.5 Å². The van der Waals surface area contributed by atoms with Crippen LogP contribution in [-0.2, 0) is 14.3 Å². The van der Waals surface area contributed by atoms with Gasteiger partial charge in [0.05, 0.1) is 11.6 Å². The molecular weight excluding hydrogens is 248 g/mol. The first-order valence-corrected chi connectivity index (χ1v) is 5.60. The van der Waals surface area contributed by atoms with Crippen molar-refractivity contribution in [3.63, 3.8) is 0 Å². The van der Waals surface area contributed by atoms with Gasteiger partial charge in [-0.2, -0.15) is 5.26 Å². The highest BCUT2D eigenvalue weighted by molar-refractivity contribution is 5.83. The van der Waals surface area contributed by atoms with E-state index in [0.29, 0.717) is 11.3 Å². The average Bonchev–Trinajstić information content (AvgIpc) is 2.39. The summed E-state index contributed by atoms with van der Waals surface area (Å²) in [4.78, 5) is 22.3. The Bertz CT molecular complexity index is 504. The van der Waals surface area contributed by atoms with E-state index in [1.54, 1.807) is 24.3 Å². The van der Waals surface area contributed by atoms with Crippen LogP contribution in [0.2, 0.25) is 0 Å². The lowest BCUT2D eigenvalue weighted by Crippen LogP contribution is -2.35. The van der Waals surface area contributed by atoms with E-state index in [-0.39, 0.29) is 0 Å². The molecule has 0 fully saturated rings. The number of carbonyl (C=O) groups is 2. The second-order valence-corrected chi connectivity index (χ2v) is 3.88. The maximum atomic E-state index is 11.6. The lowest BCUT2D eigenvalue weighted by atomic mass is 10.2. The minimum atomic E-state index is -1.00. The molecule has 0 aliphatic rings. The lowest BCUT2D eigenvalue weighted by molar-refractivity contribution is -0.159. The number of nitrogens with zero attached hydrogens (tertiary/aromatic N) is 1. The van der Waals surface area contributed by atoms with E-state index < -0.39 is 24.1 Å². The van der Waals surface area contributed by atoms with Gasteiger partial charge in [0.15, 0.2) is 12.2 Å². The lowest BCUT2D eigenvalue weighted by Gasteiger charge is -2.16. The fourth-order valence-corrected chi connectivity index (χ4v) is 1.19. The number of esters is 1. The van der Waals surface area contributed by atoms with Gasteiger partial charge in [-0.1, -0.05) is 0 Å². The minimum Gasteiger partial charge on any atom is -0.479 e. The molecule has 0 saturated carbocycles. The van der Waals surface area contributed by atoms with Crippen molar-refractivity contribution < 1.29 is 19.1 Å². The molecule has 1 amide bonds. The molecule has 1 rings (SSSR count). The second kappa shape index (κ2) is 6.40. The summed E-state index contributed by atoms with van der Waals surface area (Å²) in [5.41, 5.74) is 5.47. The molecule has 0 unspecified atom stereocenters. The van der Waals surface area contributed by atoms with Crippen molar-refractivity contribution in [1.29, 1.82) is 5.26 Å². The molecule has 6 nitrogen and oxygen atoms in total. The molecule has 0 aliphatic carbocycles. The molecule has 1 aromatic carbocycles. The molecule has 100 valence electrons. The van der Waals surface area contributed by atoms with E-state index >= 15 is 0 Å². The predicted octanol–water partition coefficient (Wildman–Crippen LogP) is 0.743. The molecular formula is C13H14N2O4. The van der Waals surface area contributed by atoms with Crippen LogP contribution in [0.3, 0.4) is 0 Å². The number of nitriles is 1. The first-order valence-electron chi connectivity index (χ1n) is 5.60. The van der Waals surface area contributed by atoms with Crippen molar-refractivity contribution >= 4 is 11.9 Å². The van der Waals surface area contributed by atoms with Crippen LogP contribution in [0.5, 0.6) is 5.75 Å². The van der Waals surface area contributed by atoms with Gasteiger partial charge in [0.2, 0.25) is 0 Å². The van der Waals surface area contributed by atoms with Crippen LogP contribution in [0.1, 0.15) is 19.4 Å². The second-order valence-electron chi connectivity index (χ2n) is 3.88. The van der Waals surface area contributed by atoms with Crippen LogP contribution >= 0.6 is 0 Å². The number of primary amides is 1. The average molecular weight is 262 g/mol. The van der Waals surface area contributed by atoms with Crippen LogP contribution in [0, 0.1) is 11.3 Å². The predicted molar refractivity (Wildman–Crippen MR) is 66.0 cm³/mol. The number of carbonyl (C=O) groups excluding carboxylic acids is 2. The van der Waals surface area contributed by atoms with E-state index in [2.05, 4.69) is 0 Å². The minimum absolute atomic E-state index is 0.426. The third kappa shape index (κ3) is 4.32. The number of rotatable bonds is 5. The molecule has 0 radical (unpaired) electrons. The molecule has 6 heteroatoms. The van der Waals surface area contributed by atoms with Crippen molar-refractivity contribution in [2.24, 2.45) is 5.73 Å². The summed E-state index contributed by atoms with van der Waals surface area (Å²) in [6.45, 7) is 2.88. The van der Waals surface area contributed by atoms with Gasteiger partial charge in [-0.15, -0.1) is 0 Å². The van der Waals surface area contributed by atoms with Gasteiger partial charge < -0.3 is 15.2 Å². The van der Waals surface area contributed by atoms with Crippen LogP contribution in [0.4, 0.5) is 0 Å². The number of hydrogen-bond acceptors (Lipinski definition) is 5. The number of nitrogens with two attached hydrogens (primary N) is 1. The van der Waals surface area contributed by atoms with Crippen LogP contribution in [0.25, 0.3) is 0 Å². The Hall–Kier alpha value is -2.55. The summed E-state index contributed by atoms with van der Waals surface area (Å²) in [6, 6.07) is 8.25. The van der Waals surface area contributed by atoms with Gasteiger partial charge in [-0.25, -0.2) is 4.79 Å². The fourth-order valence-electron chi connectivity index (χ4n) is 1.19. The van der Waals surface area contributed by atoms with Crippen molar-refractivity contribution in [2.75, 3.05) is 0 Å². The van der Waals surface area contributed by atoms with Gasteiger partial charge >= 0.3 is 5.97 Å². The van der Waals surface area contributed by atoms with E-state index in [1.807, 2.05) is 6.07 Å². The van der Waals surface area contributed by atoms with Crippen molar-refractivity contribution in [1.82, 2.24) is 0 Å². The zero-order valence-electron chi connectivity index (χ0n) is 10.6. The Labute approximate surface area is 110 Å². The monoisotopic (exact) mass is 262 g/mol. The molecule has 2 N–H and O–H groups in total. The summed E-state index contributed by atoms with van der Waals surface area (Å²) < 4.78 is 10.1. The largest absolute Gasteiger partial charge is 0.479 e. The number of hydrogen-bond donors (Lipinski definition) is 1. The number of benzene rings is 1. The Morgan fingerprint density at radius 3 is 2.26 bits per heavy atom. The van der Waals surface area contributed by atoms with E-state index in [0.717, 1.165) is 0 Å². The summed E-state index contributed by atoms with van der Waals surface area (Å²) in [5, 5.41) is 8.64. The highest BCUT2D eigenvalue weighted by Crippen LogP contribution is 2.14. The molecule has 0 aromatic heterocycles. The molecule has 0 spiro atoms. The highest BCUT2D eigenvalue weighted by atomic mass is 16.6. The van der Waals surface area contributed by atoms with Gasteiger partial charge in [0.25, 0.3) is 5.91 Å². The standard InChI is InChI=1S/C13H14N2O4/c1-8(12(15)16)19-13(17)9(2)18-11-5-3-10(7-14)4-6-11/h3-6,8-9H,1-2H3,(H2,15,16)/t8-,9+/m0/s1. The van der Waals surface area contributed by atoms with Crippen molar-refractivity contribution in [3.05, 3.63) is 29.8 Å². The Morgan fingerprint density at radius 1 is 1.21 bits per heavy atom. The zero-order valence-corrected chi connectivity index (χ0v) is 10.6. The Morgan fingerprint density at radius 2 is 1.79 bits per heavy atom. The third-order valence-corrected chi connectivity index (χ3v) is 2.32. The fraction of sp³-hybridized carbons (Fsp3) is 0.308. The summed E-state index contributed by atoms with van der Waals surface area (Å²) >= 11 is 0. The molecule has 0 saturated heterocycles. The quantitative estimate of drug-likeness (QED) is 0.788. The molecule has 2 atom stereocenters. The number of amides is 1. The maximum Gasteiger partial charge on any atom is 0.347 e. The van der Waals surface area contributed by atoms with Gasteiger partial charge in [-0.05, 0) is 38.1 Å². The zero-order chi connectivity index (χ0) is 14.4. The van der Waals surface area contributed by atoms with Crippen molar-refractivity contribution in [3.8, 4) is 11.8 Å². The highest BCUT2D eigenvalue weighted by Gasteiger charge is 2.21. The molecule has 0 aliphatic heterocycles. The molecule has 0 heterocycles. The van der Waals surface area contributed by atoms with Gasteiger partial charge in [0.1, 0.15) is 5.75 Å². The SMILES string of the molecule is C[C@H](OC(=O)[C@@H](C)Oc1ccc(C#N)cc1)C(N)=O. The Balaban J connectivity index is 2.58. The van der Waals surface area contributed by atoms with E-state index in [9.17, 15) is 9.59 Å². The van der Waals surface area contributed by atoms with Crippen molar-refractivity contribution in [2.45, 2.75) is 26.1 Å². The first kappa shape index (κ1) is 14.5. The summed E-state index contributed by atoms with van der Waals surface area (Å²) in [6.07, 6.45) is -1.88. The Kier molecular flexibility index (Phi) is 4.89. The van der Waals surface area contributed by atoms with Crippen LogP contribution in [-0.4, -0.2) is 24.1 Å². The molecule has 19 heavy (non-hydrogen) atoms. The normalized spacial score (nSPS) is 12.9. The topological polar surface area (TPSA) is 102 Å². The molecule has 0 bridgehead atoms. The summed E-state index contributed by atoms with van der Waals surface area (Å²) in [5.74, 6) is -0.982. The third-order valence-electron chi connectivity index (χ3n) is 2.32. The first-order chi connectivity index (χ1) is 8.93.